The van der Waals surface area contributed by atoms with Gasteiger partial charge in [-0.15, -0.1) is 11.3 Å². The number of aryl methyl sites for hydroxylation is 1. The number of benzene rings is 2. The molecule has 4 nitrogen and oxygen atoms in total. The predicted molar refractivity (Wildman–Crippen MR) is 98.2 cm³/mol. The number of anilines is 1. The molecule has 0 unspecified atom stereocenters. The number of nitrogens with zero attached hydrogens (tertiary/aromatic N) is 1. The van der Waals surface area contributed by atoms with Crippen molar-refractivity contribution in [3.63, 3.8) is 0 Å². The lowest BCUT2D eigenvalue weighted by atomic mass is 10.2. The minimum Gasteiger partial charge on any atom is -0.497 e. The van der Waals surface area contributed by atoms with Crippen molar-refractivity contribution in [2.45, 2.75) is 6.92 Å². The smallest absolute Gasteiger partial charge is 0.267 e. The Morgan fingerprint density at radius 2 is 1.96 bits per heavy atom. The van der Waals surface area contributed by atoms with E-state index in [1.807, 2.05) is 49.4 Å². The highest BCUT2D eigenvalue weighted by Crippen LogP contribution is 2.29. The van der Waals surface area contributed by atoms with E-state index >= 15 is 0 Å². The third-order valence-electron chi connectivity index (χ3n) is 3.42. The van der Waals surface area contributed by atoms with Gasteiger partial charge in [0.1, 0.15) is 15.6 Å². The average Bonchev–Trinajstić information content (AvgIpc) is 2.97. The van der Waals surface area contributed by atoms with Crippen molar-refractivity contribution >= 4 is 34.5 Å². The topological polar surface area (TPSA) is 51.2 Å². The zero-order chi connectivity index (χ0) is 17.1. The Bertz CT molecular complexity index is 875. The van der Waals surface area contributed by atoms with Gasteiger partial charge in [0.25, 0.3) is 5.91 Å². The first-order valence-corrected chi connectivity index (χ1v) is 8.45. The second kappa shape index (κ2) is 7.03. The van der Waals surface area contributed by atoms with Crippen LogP contribution in [0.15, 0.2) is 48.5 Å². The van der Waals surface area contributed by atoms with E-state index in [-0.39, 0.29) is 5.91 Å². The lowest BCUT2D eigenvalue weighted by molar-refractivity contribution is 0.103. The molecule has 1 N–H and O–H groups in total. The van der Waals surface area contributed by atoms with Gasteiger partial charge in [0.05, 0.1) is 12.8 Å². The van der Waals surface area contributed by atoms with E-state index in [9.17, 15) is 4.79 Å². The van der Waals surface area contributed by atoms with Crippen LogP contribution in [0.3, 0.4) is 0 Å². The molecule has 1 aromatic heterocycles. The second-order valence-electron chi connectivity index (χ2n) is 5.13. The van der Waals surface area contributed by atoms with Crippen LogP contribution in [0.25, 0.3) is 10.6 Å². The standard InChI is InChI=1S/C18H15ClN2O2S/c1-11-16(17(22)21-14-4-3-5-15(10-14)23-2)24-18(20-11)12-6-8-13(19)9-7-12/h3-10H,1-2H3,(H,21,22). The molecule has 3 aromatic rings. The first-order chi connectivity index (χ1) is 11.6. The van der Waals surface area contributed by atoms with Crippen LogP contribution in [0.5, 0.6) is 5.75 Å². The van der Waals surface area contributed by atoms with E-state index in [0.717, 1.165) is 10.6 Å². The van der Waals surface area contributed by atoms with Gasteiger partial charge < -0.3 is 10.1 Å². The van der Waals surface area contributed by atoms with Gasteiger partial charge in [-0.25, -0.2) is 4.98 Å². The van der Waals surface area contributed by atoms with Crippen LogP contribution in [-0.4, -0.2) is 18.0 Å². The Labute approximate surface area is 149 Å². The highest BCUT2D eigenvalue weighted by Gasteiger charge is 2.16. The molecule has 6 heteroatoms. The normalized spacial score (nSPS) is 10.5. The minimum absolute atomic E-state index is 0.182. The molecule has 0 aliphatic carbocycles. The molecule has 122 valence electrons. The van der Waals surface area contributed by atoms with Crippen LogP contribution in [0, 0.1) is 6.92 Å². The van der Waals surface area contributed by atoms with E-state index in [1.165, 1.54) is 11.3 Å². The number of aromatic nitrogens is 1. The molecule has 1 heterocycles. The molecule has 24 heavy (non-hydrogen) atoms. The molecule has 0 fully saturated rings. The van der Waals surface area contributed by atoms with Gasteiger partial charge in [-0.2, -0.15) is 0 Å². The number of nitrogens with one attached hydrogen (secondary N) is 1. The number of carbonyl (C=O) groups excluding carboxylic acids is 1. The Morgan fingerprint density at radius 1 is 1.21 bits per heavy atom. The van der Waals surface area contributed by atoms with Crippen LogP contribution in [0.1, 0.15) is 15.4 Å². The minimum atomic E-state index is -0.182. The quantitative estimate of drug-likeness (QED) is 0.711. The Morgan fingerprint density at radius 3 is 2.67 bits per heavy atom. The third kappa shape index (κ3) is 3.58. The number of carbonyl (C=O) groups is 1. The summed E-state index contributed by atoms with van der Waals surface area (Å²) in [6.45, 7) is 1.83. The summed E-state index contributed by atoms with van der Waals surface area (Å²) < 4.78 is 5.17. The van der Waals surface area contributed by atoms with E-state index in [2.05, 4.69) is 10.3 Å². The van der Waals surface area contributed by atoms with E-state index in [4.69, 9.17) is 16.3 Å². The highest BCUT2D eigenvalue weighted by atomic mass is 35.5. The van der Waals surface area contributed by atoms with Gasteiger partial charge in [0.15, 0.2) is 0 Å². The average molecular weight is 359 g/mol. The fourth-order valence-electron chi connectivity index (χ4n) is 2.21. The number of hydrogen-bond donors (Lipinski definition) is 1. The first kappa shape index (κ1) is 16.5. The van der Waals surface area contributed by atoms with Crippen LogP contribution in [0.2, 0.25) is 5.02 Å². The summed E-state index contributed by atoms with van der Waals surface area (Å²) in [5.41, 5.74) is 2.32. The zero-order valence-corrected chi connectivity index (χ0v) is 14.7. The summed E-state index contributed by atoms with van der Waals surface area (Å²) in [7, 11) is 1.59. The second-order valence-corrected chi connectivity index (χ2v) is 6.56. The molecule has 3 rings (SSSR count). The Kier molecular flexibility index (Phi) is 4.83. The molecule has 0 aliphatic heterocycles. The first-order valence-electron chi connectivity index (χ1n) is 7.25. The SMILES string of the molecule is COc1cccc(NC(=O)c2sc(-c3ccc(Cl)cc3)nc2C)c1. The predicted octanol–water partition coefficient (Wildman–Crippen LogP) is 5.03. The Balaban J connectivity index is 1.83. The van der Waals surface area contributed by atoms with E-state index in [1.54, 1.807) is 13.2 Å². The third-order valence-corrected chi connectivity index (χ3v) is 4.88. The van der Waals surface area contributed by atoms with Crippen LogP contribution in [-0.2, 0) is 0 Å². The summed E-state index contributed by atoms with van der Waals surface area (Å²) in [5.74, 6) is 0.508. The summed E-state index contributed by atoms with van der Waals surface area (Å²) in [6.07, 6.45) is 0. The number of halogens is 1. The molecule has 0 bridgehead atoms. The number of rotatable bonds is 4. The number of methoxy groups -OCH3 is 1. The molecule has 0 aliphatic rings. The lowest BCUT2D eigenvalue weighted by Gasteiger charge is -2.06. The maximum absolute atomic E-state index is 12.5. The van der Waals surface area contributed by atoms with Gasteiger partial charge in [0.2, 0.25) is 0 Å². The van der Waals surface area contributed by atoms with Crippen molar-refractivity contribution in [3.8, 4) is 16.3 Å². The summed E-state index contributed by atoms with van der Waals surface area (Å²) in [4.78, 5) is 17.6. The molecule has 0 saturated heterocycles. The molecule has 1 amide bonds. The van der Waals surface area contributed by atoms with Gasteiger partial charge in [-0.05, 0) is 31.2 Å². The largest absolute Gasteiger partial charge is 0.497 e. The van der Waals surface area contributed by atoms with E-state index < -0.39 is 0 Å². The lowest BCUT2D eigenvalue weighted by Crippen LogP contribution is -2.11. The van der Waals surface area contributed by atoms with Crippen molar-refractivity contribution in [2.24, 2.45) is 0 Å². The van der Waals surface area contributed by atoms with Crippen molar-refractivity contribution in [1.29, 1.82) is 0 Å². The summed E-state index contributed by atoms with van der Waals surface area (Å²) >= 11 is 7.27. The molecule has 0 radical (unpaired) electrons. The van der Waals surface area contributed by atoms with Crippen molar-refractivity contribution < 1.29 is 9.53 Å². The number of ether oxygens (including phenoxy) is 1. The van der Waals surface area contributed by atoms with Gasteiger partial charge in [-0.1, -0.05) is 29.8 Å². The monoisotopic (exact) mass is 358 g/mol. The molecule has 0 saturated carbocycles. The van der Waals surface area contributed by atoms with Crippen LogP contribution in [0.4, 0.5) is 5.69 Å². The van der Waals surface area contributed by atoms with E-state index in [0.29, 0.717) is 27.0 Å². The van der Waals surface area contributed by atoms with Gasteiger partial charge >= 0.3 is 0 Å². The van der Waals surface area contributed by atoms with Crippen molar-refractivity contribution in [2.75, 3.05) is 12.4 Å². The van der Waals surface area contributed by atoms with Gasteiger partial charge in [0, 0.05) is 22.3 Å². The van der Waals surface area contributed by atoms with Crippen molar-refractivity contribution in [1.82, 2.24) is 4.98 Å². The number of hydrogen-bond acceptors (Lipinski definition) is 4. The summed E-state index contributed by atoms with van der Waals surface area (Å²) in [5, 5.41) is 4.34. The van der Waals surface area contributed by atoms with Gasteiger partial charge in [-0.3, -0.25) is 4.79 Å². The Hall–Kier alpha value is -2.37. The molecule has 0 atom stereocenters. The number of thiazole rings is 1. The molecule has 0 spiro atoms. The molecular weight excluding hydrogens is 344 g/mol. The summed E-state index contributed by atoms with van der Waals surface area (Å²) in [6, 6.07) is 14.6. The highest BCUT2D eigenvalue weighted by molar-refractivity contribution is 7.17. The molecular formula is C18H15ClN2O2S. The van der Waals surface area contributed by atoms with Crippen LogP contribution < -0.4 is 10.1 Å². The zero-order valence-electron chi connectivity index (χ0n) is 13.2. The molecule has 2 aromatic carbocycles. The fourth-order valence-corrected chi connectivity index (χ4v) is 3.30. The fraction of sp³-hybridized carbons (Fsp3) is 0.111. The maximum Gasteiger partial charge on any atom is 0.267 e. The van der Waals surface area contributed by atoms with Crippen molar-refractivity contribution in [3.05, 3.63) is 64.1 Å². The number of amides is 1. The maximum atomic E-state index is 12.5. The van der Waals surface area contributed by atoms with Crippen LogP contribution >= 0.6 is 22.9 Å².